The molecule has 0 aliphatic carbocycles. The van der Waals surface area contributed by atoms with Gasteiger partial charge in [0.1, 0.15) is 6.33 Å². The smallest absolute Gasteiger partial charge is 0.232 e. The first-order valence-electron chi connectivity index (χ1n) is 10.7. The molecule has 1 fully saturated rings. The van der Waals surface area contributed by atoms with Crippen molar-refractivity contribution >= 4 is 46.3 Å². The van der Waals surface area contributed by atoms with E-state index in [4.69, 9.17) is 11.6 Å². The van der Waals surface area contributed by atoms with Crippen LogP contribution in [0.2, 0.25) is 5.02 Å². The molecule has 0 atom stereocenters. The van der Waals surface area contributed by atoms with Gasteiger partial charge in [-0.15, -0.1) is 16.9 Å². The maximum atomic E-state index is 12.7. The molecule has 8 nitrogen and oxygen atoms in total. The summed E-state index contributed by atoms with van der Waals surface area (Å²) in [5.41, 5.74) is 3.35. The molecule has 0 N–H and O–H groups in total. The average Bonchev–Trinajstić information content (AvgIpc) is 3.30. The van der Waals surface area contributed by atoms with Crippen molar-refractivity contribution in [1.82, 2.24) is 29.9 Å². The first-order chi connectivity index (χ1) is 16.2. The average molecular weight is 480 g/mol. The van der Waals surface area contributed by atoms with Crippen molar-refractivity contribution in [2.75, 3.05) is 36.8 Å². The van der Waals surface area contributed by atoms with Crippen LogP contribution in [0.5, 0.6) is 0 Å². The second-order valence-electron chi connectivity index (χ2n) is 7.69. The van der Waals surface area contributed by atoms with Gasteiger partial charge in [0.05, 0.1) is 11.4 Å². The summed E-state index contributed by atoms with van der Waals surface area (Å²) in [6.07, 6.45) is 1.53. The number of benzene rings is 2. The van der Waals surface area contributed by atoms with Crippen LogP contribution < -0.4 is 4.90 Å². The van der Waals surface area contributed by atoms with E-state index in [0.717, 1.165) is 17.3 Å². The standard InChI is InChI=1S/C23H22ClN7OS/c24-18-6-8-19(9-7-18)31-23-21(27-28-31)22(25-16-26-23)30-12-10-29(11-13-30)20(32)15-33-14-17-4-2-1-3-5-17/h1-9,16H,10-15H2. The maximum Gasteiger partial charge on any atom is 0.232 e. The van der Waals surface area contributed by atoms with Crippen LogP contribution in [-0.2, 0) is 10.5 Å². The quantitative estimate of drug-likeness (QED) is 0.419. The number of carbonyl (C=O) groups is 1. The third-order valence-electron chi connectivity index (χ3n) is 5.56. The molecule has 168 valence electrons. The summed E-state index contributed by atoms with van der Waals surface area (Å²) in [5.74, 6) is 2.25. The number of amides is 1. The maximum absolute atomic E-state index is 12.7. The lowest BCUT2D eigenvalue weighted by Gasteiger charge is -2.35. The largest absolute Gasteiger partial charge is 0.351 e. The van der Waals surface area contributed by atoms with Gasteiger partial charge in [-0.2, -0.15) is 4.68 Å². The van der Waals surface area contributed by atoms with E-state index in [1.54, 1.807) is 28.6 Å². The monoisotopic (exact) mass is 479 g/mol. The fraction of sp³-hybridized carbons (Fsp3) is 0.261. The number of carbonyl (C=O) groups excluding carboxylic acids is 1. The first kappa shape index (κ1) is 21.7. The van der Waals surface area contributed by atoms with Gasteiger partial charge in [-0.3, -0.25) is 4.79 Å². The van der Waals surface area contributed by atoms with Gasteiger partial charge in [0.25, 0.3) is 0 Å². The summed E-state index contributed by atoms with van der Waals surface area (Å²) in [6.45, 7) is 2.69. The molecule has 5 rings (SSSR count). The number of aromatic nitrogens is 5. The van der Waals surface area contributed by atoms with Gasteiger partial charge in [0, 0.05) is 37.0 Å². The molecule has 2 aromatic carbocycles. The number of piperazine rings is 1. The molecule has 33 heavy (non-hydrogen) atoms. The van der Waals surface area contributed by atoms with Crippen LogP contribution in [0.4, 0.5) is 5.82 Å². The van der Waals surface area contributed by atoms with Crippen molar-refractivity contribution in [3.63, 3.8) is 0 Å². The number of hydrogen-bond acceptors (Lipinski definition) is 7. The van der Waals surface area contributed by atoms with E-state index in [9.17, 15) is 4.79 Å². The van der Waals surface area contributed by atoms with Crippen molar-refractivity contribution in [2.45, 2.75) is 5.75 Å². The molecule has 0 saturated carbocycles. The Morgan fingerprint density at radius 3 is 2.48 bits per heavy atom. The zero-order valence-electron chi connectivity index (χ0n) is 17.8. The third kappa shape index (κ3) is 4.79. The predicted molar refractivity (Wildman–Crippen MR) is 131 cm³/mol. The third-order valence-corrected chi connectivity index (χ3v) is 6.80. The van der Waals surface area contributed by atoms with E-state index in [2.05, 4.69) is 37.3 Å². The summed E-state index contributed by atoms with van der Waals surface area (Å²) in [7, 11) is 0. The van der Waals surface area contributed by atoms with Crippen molar-refractivity contribution in [3.05, 3.63) is 71.5 Å². The second kappa shape index (κ2) is 9.76. The Kier molecular flexibility index (Phi) is 6.41. The zero-order chi connectivity index (χ0) is 22.6. The van der Waals surface area contributed by atoms with Crippen molar-refractivity contribution in [1.29, 1.82) is 0 Å². The van der Waals surface area contributed by atoms with E-state index in [0.29, 0.717) is 48.1 Å². The van der Waals surface area contributed by atoms with E-state index < -0.39 is 0 Å². The molecule has 0 radical (unpaired) electrons. The lowest BCUT2D eigenvalue weighted by molar-refractivity contribution is -0.128. The minimum atomic E-state index is 0.178. The van der Waals surface area contributed by atoms with Crippen molar-refractivity contribution in [2.24, 2.45) is 0 Å². The second-order valence-corrected chi connectivity index (χ2v) is 9.12. The molecule has 1 saturated heterocycles. The van der Waals surface area contributed by atoms with Crippen LogP contribution >= 0.6 is 23.4 Å². The van der Waals surface area contributed by atoms with Gasteiger partial charge >= 0.3 is 0 Å². The number of anilines is 1. The number of fused-ring (bicyclic) bond motifs is 1. The molecule has 1 amide bonds. The Labute approximate surface area is 200 Å². The predicted octanol–water partition coefficient (Wildman–Crippen LogP) is 3.45. The lowest BCUT2D eigenvalue weighted by atomic mass is 10.2. The molecule has 3 heterocycles. The topological polar surface area (TPSA) is 80.0 Å². The normalized spacial score (nSPS) is 14.1. The molecule has 10 heteroatoms. The van der Waals surface area contributed by atoms with Crippen LogP contribution in [0.1, 0.15) is 5.56 Å². The van der Waals surface area contributed by atoms with Crippen molar-refractivity contribution < 1.29 is 4.79 Å². The minimum Gasteiger partial charge on any atom is -0.351 e. The SMILES string of the molecule is O=C(CSCc1ccccc1)N1CCN(c2ncnc3c2nnn3-c2ccc(Cl)cc2)CC1. The van der Waals surface area contributed by atoms with E-state index >= 15 is 0 Å². The Balaban J connectivity index is 1.22. The fourth-order valence-corrected chi connectivity index (χ4v) is 4.83. The number of thioether (sulfide) groups is 1. The highest BCUT2D eigenvalue weighted by atomic mass is 35.5. The Morgan fingerprint density at radius 1 is 0.970 bits per heavy atom. The summed E-state index contributed by atoms with van der Waals surface area (Å²) in [6, 6.07) is 17.6. The Bertz CT molecular complexity index is 1240. The number of hydrogen-bond donors (Lipinski definition) is 0. The van der Waals surface area contributed by atoms with Gasteiger partial charge in [-0.05, 0) is 29.8 Å². The van der Waals surface area contributed by atoms with Crippen LogP contribution in [0.15, 0.2) is 60.9 Å². The van der Waals surface area contributed by atoms with Gasteiger partial charge in [0.2, 0.25) is 5.91 Å². The van der Waals surface area contributed by atoms with E-state index in [1.165, 1.54) is 11.9 Å². The highest BCUT2D eigenvalue weighted by Crippen LogP contribution is 2.24. The Hall–Kier alpha value is -3.17. The van der Waals surface area contributed by atoms with Crippen LogP contribution in [0.25, 0.3) is 16.9 Å². The first-order valence-corrected chi connectivity index (χ1v) is 12.2. The summed E-state index contributed by atoms with van der Waals surface area (Å²) in [4.78, 5) is 25.6. The summed E-state index contributed by atoms with van der Waals surface area (Å²) >= 11 is 7.66. The number of halogens is 1. The van der Waals surface area contributed by atoms with Gasteiger partial charge < -0.3 is 9.80 Å². The summed E-state index contributed by atoms with van der Waals surface area (Å²) in [5, 5.41) is 9.28. The molecule has 1 aliphatic rings. The van der Waals surface area contributed by atoms with Gasteiger partial charge in [-0.25, -0.2) is 9.97 Å². The molecule has 0 spiro atoms. The molecule has 0 unspecified atom stereocenters. The molecular formula is C23H22ClN7OS. The molecule has 0 bridgehead atoms. The van der Waals surface area contributed by atoms with Gasteiger partial charge in [0.15, 0.2) is 17.0 Å². The van der Waals surface area contributed by atoms with Crippen molar-refractivity contribution in [3.8, 4) is 5.69 Å². The molecule has 1 aliphatic heterocycles. The van der Waals surface area contributed by atoms with Crippen LogP contribution in [0, 0.1) is 0 Å². The van der Waals surface area contributed by atoms with Gasteiger partial charge in [-0.1, -0.05) is 47.1 Å². The molecule has 2 aromatic heterocycles. The minimum absolute atomic E-state index is 0.178. The Morgan fingerprint density at radius 2 is 1.73 bits per heavy atom. The fourth-order valence-electron chi connectivity index (χ4n) is 3.81. The van der Waals surface area contributed by atoms with Crippen LogP contribution in [0.3, 0.4) is 0 Å². The summed E-state index contributed by atoms with van der Waals surface area (Å²) < 4.78 is 1.68. The number of nitrogens with zero attached hydrogens (tertiary/aromatic N) is 7. The van der Waals surface area contributed by atoms with Crippen LogP contribution in [-0.4, -0.2) is 67.7 Å². The van der Waals surface area contributed by atoms with E-state index in [1.807, 2.05) is 35.2 Å². The highest BCUT2D eigenvalue weighted by Gasteiger charge is 2.24. The highest BCUT2D eigenvalue weighted by molar-refractivity contribution is 7.99. The lowest BCUT2D eigenvalue weighted by Crippen LogP contribution is -2.49. The molecule has 4 aromatic rings. The van der Waals surface area contributed by atoms with E-state index in [-0.39, 0.29) is 5.91 Å². The zero-order valence-corrected chi connectivity index (χ0v) is 19.4. The molecular weight excluding hydrogens is 458 g/mol. The number of rotatable bonds is 6.